The second-order valence-electron chi connectivity index (χ2n) is 1.29. The van der Waals surface area contributed by atoms with Gasteiger partial charge in [-0.15, -0.1) is 5.10 Å². The Hall–Kier alpha value is -1.52. The first-order chi connectivity index (χ1) is 4.30. The Bertz CT molecular complexity index is 210. The van der Waals surface area contributed by atoms with Gasteiger partial charge < -0.3 is 0 Å². The van der Waals surface area contributed by atoms with Gasteiger partial charge in [0.05, 0.1) is 11.1 Å². The number of nitrogens with zero attached hydrogens (tertiary/aromatic N) is 3. The second kappa shape index (κ2) is 2.17. The van der Waals surface area contributed by atoms with E-state index in [0.29, 0.717) is 0 Å². The highest BCUT2D eigenvalue weighted by molar-refractivity contribution is 5.19. The molecule has 0 saturated heterocycles. The Morgan fingerprint density at radius 1 is 1.78 bits per heavy atom. The van der Waals surface area contributed by atoms with E-state index in [-0.39, 0.29) is 5.69 Å². The minimum Gasteiger partial charge on any atom is -0.258 e. The maximum absolute atomic E-state index is 9.91. The summed E-state index contributed by atoms with van der Waals surface area (Å²) in [6, 6.07) is 1.23. The molecular weight excluding hydrogens is 122 g/mol. The molecule has 1 aromatic rings. The van der Waals surface area contributed by atoms with Crippen molar-refractivity contribution in [2.75, 3.05) is 0 Å². The van der Waals surface area contributed by atoms with Crippen LogP contribution in [-0.4, -0.2) is 15.1 Å². The van der Waals surface area contributed by atoms with Crippen LogP contribution in [0, 0.1) is 16.3 Å². The molecule has 0 bridgehead atoms. The minimum absolute atomic E-state index is 0.162. The molecule has 0 fully saturated rings. The summed E-state index contributed by atoms with van der Waals surface area (Å²) in [6.45, 7) is 0. The fraction of sp³-hybridized carbons (Fsp3) is 0. The van der Waals surface area contributed by atoms with Crippen LogP contribution in [0.4, 0.5) is 5.69 Å². The number of hydrogen-bond acceptors (Lipinski definition) is 4. The van der Waals surface area contributed by atoms with Crippen LogP contribution in [0.15, 0.2) is 12.3 Å². The number of hydrogen-bond donors (Lipinski definition) is 0. The van der Waals surface area contributed by atoms with Gasteiger partial charge in [-0.05, 0) is 0 Å². The zero-order valence-corrected chi connectivity index (χ0v) is 4.31. The summed E-state index contributed by atoms with van der Waals surface area (Å²) in [5.41, 5.74) is -0.162. The zero-order chi connectivity index (χ0) is 6.69. The molecule has 0 unspecified atom stereocenters. The Balaban J connectivity index is 2.98. The first-order valence-corrected chi connectivity index (χ1v) is 2.14. The van der Waals surface area contributed by atoms with Gasteiger partial charge in [0, 0.05) is 6.07 Å². The molecule has 1 radical (unpaired) electrons. The summed E-state index contributed by atoms with van der Waals surface area (Å²) in [5, 5.41) is 16.4. The van der Waals surface area contributed by atoms with E-state index in [1.54, 1.807) is 0 Å². The fourth-order valence-corrected chi connectivity index (χ4v) is 0.356. The van der Waals surface area contributed by atoms with E-state index in [1.165, 1.54) is 12.3 Å². The molecule has 0 saturated carbocycles. The van der Waals surface area contributed by atoms with E-state index in [9.17, 15) is 10.1 Å². The summed E-state index contributed by atoms with van der Waals surface area (Å²) >= 11 is 0. The van der Waals surface area contributed by atoms with Gasteiger partial charge in [0.2, 0.25) is 0 Å². The zero-order valence-electron chi connectivity index (χ0n) is 4.31. The topological polar surface area (TPSA) is 68.9 Å². The molecule has 5 heteroatoms. The van der Waals surface area contributed by atoms with E-state index in [4.69, 9.17) is 0 Å². The highest BCUT2D eigenvalue weighted by Gasteiger charge is 2.02. The molecule has 0 N–H and O–H groups in total. The Labute approximate surface area is 50.5 Å². The Morgan fingerprint density at radius 3 is 2.89 bits per heavy atom. The largest absolute Gasteiger partial charge is 0.300 e. The second-order valence-corrected chi connectivity index (χ2v) is 1.29. The van der Waals surface area contributed by atoms with Crippen molar-refractivity contribution in [2.24, 2.45) is 0 Å². The molecule has 1 heterocycles. The normalized spacial score (nSPS) is 8.89. The van der Waals surface area contributed by atoms with Crippen molar-refractivity contribution in [2.45, 2.75) is 0 Å². The lowest BCUT2D eigenvalue weighted by Crippen LogP contribution is -1.89. The molecule has 0 aliphatic heterocycles. The predicted octanol–water partition coefficient (Wildman–Crippen LogP) is 0.185. The molecule has 1 aromatic heterocycles. The smallest absolute Gasteiger partial charge is 0.258 e. The molecule has 0 spiro atoms. The minimum atomic E-state index is -0.575. The highest BCUT2D eigenvalue weighted by atomic mass is 16.6. The van der Waals surface area contributed by atoms with Crippen LogP contribution in [-0.2, 0) is 0 Å². The third-order valence-corrected chi connectivity index (χ3v) is 0.718. The molecule has 0 amide bonds. The molecule has 9 heavy (non-hydrogen) atoms. The van der Waals surface area contributed by atoms with E-state index in [0.717, 1.165) is 0 Å². The van der Waals surface area contributed by atoms with E-state index < -0.39 is 4.92 Å². The van der Waals surface area contributed by atoms with Gasteiger partial charge in [-0.25, -0.2) is 0 Å². The van der Waals surface area contributed by atoms with E-state index in [1.807, 2.05) is 0 Å². The van der Waals surface area contributed by atoms with Crippen molar-refractivity contribution in [1.82, 2.24) is 10.2 Å². The molecule has 1 rings (SSSR count). The van der Waals surface area contributed by atoms with E-state index >= 15 is 0 Å². The molecule has 45 valence electrons. The molecule has 0 aliphatic carbocycles. The lowest BCUT2D eigenvalue weighted by molar-refractivity contribution is -0.385. The molecule has 0 aliphatic rings. The maximum atomic E-state index is 9.91. The molecule has 0 atom stereocenters. The van der Waals surface area contributed by atoms with Gasteiger partial charge in [0.15, 0.2) is 6.20 Å². The van der Waals surface area contributed by atoms with Gasteiger partial charge in [-0.3, -0.25) is 10.1 Å². The first-order valence-electron chi connectivity index (χ1n) is 2.14. The Kier molecular flexibility index (Phi) is 1.35. The van der Waals surface area contributed by atoms with Gasteiger partial charge in [-0.2, -0.15) is 5.10 Å². The quantitative estimate of drug-likeness (QED) is 0.395. The molecule has 0 aromatic carbocycles. The van der Waals surface area contributed by atoms with Crippen LogP contribution < -0.4 is 0 Å². The lowest BCUT2D eigenvalue weighted by Gasteiger charge is -1.82. The lowest BCUT2D eigenvalue weighted by atomic mass is 10.5. The average molecular weight is 124 g/mol. The summed E-state index contributed by atoms with van der Waals surface area (Å²) < 4.78 is 0. The number of rotatable bonds is 1. The van der Waals surface area contributed by atoms with Gasteiger partial charge in [-0.1, -0.05) is 0 Å². The van der Waals surface area contributed by atoms with Crippen molar-refractivity contribution >= 4 is 5.69 Å². The number of nitro groups is 1. The van der Waals surface area contributed by atoms with Crippen molar-refractivity contribution in [1.29, 1.82) is 0 Å². The first kappa shape index (κ1) is 5.61. The standard InChI is InChI=1S/C4H2N3O2/c8-7(9)4-1-2-5-6-3-4/h1-2H. The third-order valence-electron chi connectivity index (χ3n) is 0.718. The van der Waals surface area contributed by atoms with Crippen LogP contribution in [0.1, 0.15) is 0 Å². The van der Waals surface area contributed by atoms with Crippen molar-refractivity contribution in [3.63, 3.8) is 0 Å². The number of aromatic nitrogens is 2. The maximum Gasteiger partial charge on any atom is 0.300 e. The van der Waals surface area contributed by atoms with Crippen LogP contribution in [0.3, 0.4) is 0 Å². The average Bonchev–Trinajstić information content (AvgIpc) is 1.90. The molecule has 5 nitrogen and oxygen atoms in total. The van der Waals surface area contributed by atoms with Crippen molar-refractivity contribution < 1.29 is 4.92 Å². The predicted molar refractivity (Wildman–Crippen MR) is 27.5 cm³/mol. The van der Waals surface area contributed by atoms with Gasteiger partial charge >= 0.3 is 5.69 Å². The van der Waals surface area contributed by atoms with Crippen molar-refractivity contribution in [3.05, 3.63) is 28.6 Å². The highest BCUT2D eigenvalue weighted by Crippen LogP contribution is 2.02. The van der Waals surface area contributed by atoms with Gasteiger partial charge in [0.25, 0.3) is 0 Å². The summed E-state index contributed by atoms with van der Waals surface area (Å²) in [5.74, 6) is 0. The van der Waals surface area contributed by atoms with Gasteiger partial charge in [0.1, 0.15) is 0 Å². The Morgan fingerprint density at radius 2 is 2.56 bits per heavy atom. The van der Waals surface area contributed by atoms with Crippen molar-refractivity contribution in [3.8, 4) is 0 Å². The summed E-state index contributed by atoms with van der Waals surface area (Å²) in [7, 11) is 0. The van der Waals surface area contributed by atoms with Crippen LogP contribution in [0.25, 0.3) is 0 Å². The van der Waals surface area contributed by atoms with Crippen LogP contribution in [0.2, 0.25) is 0 Å². The fourth-order valence-electron chi connectivity index (χ4n) is 0.356. The SMILES string of the molecule is O=[N+]([O-])c1[c]nncc1. The summed E-state index contributed by atoms with van der Waals surface area (Å²) in [4.78, 5) is 9.33. The monoisotopic (exact) mass is 124 g/mol. The van der Waals surface area contributed by atoms with E-state index in [2.05, 4.69) is 16.4 Å². The van der Waals surface area contributed by atoms with Crippen LogP contribution >= 0.6 is 0 Å². The van der Waals surface area contributed by atoms with Crippen LogP contribution in [0.5, 0.6) is 0 Å². The third kappa shape index (κ3) is 1.18. The molecular formula is C4H2N3O2. The summed E-state index contributed by atoms with van der Waals surface area (Å²) in [6.07, 6.45) is 3.35.